The van der Waals surface area contributed by atoms with Crippen molar-refractivity contribution < 1.29 is 0 Å². The standard InChI is InChI=1S/C12H16Cl2N2/c13-11-4-1-5-12(14)10(11)8-16-6-2-3-9(15)7-16/h1,4-5,9H,2-3,6-8,15H2/t9-/m0/s1. The SMILES string of the molecule is N[C@H]1CCCN(Cc2c(Cl)cccc2Cl)C1. The first-order valence-electron chi connectivity index (χ1n) is 5.57. The summed E-state index contributed by atoms with van der Waals surface area (Å²) >= 11 is 12.3. The molecule has 1 aliphatic rings. The average Bonchev–Trinajstić information content (AvgIpc) is 2.24. The molecule has 88 valence electrons. The maximum atomic E-state index is 6.14. The number of hydrogen-bond acceptors (Lipinski definition) is 2. The quantitative estimate of drug-likeness (QED) is 0.884. The molecule has 1 saturated heterocycles. The lowest BCUT2D eigenvalue weighted by Gasteiger charge is -2.31. The Morgan fingerprint density at radius 3 is 2.62 bits per heavy atom. The van der Waals surface area contributed by atoms with E-state index in [1.165, 1.54) is 0 Å². The van der Waals surface area contributed by atoms with Crippen LogP contribution in [-0.4, -0.2) is 24.0 Å². The van der Waals surface area contributed by atoms with Gasteiger partial charge in [-0.3, -0.25) is 4.90 Å². The molecule has 0 aromatic heterocycles. The lowest BCUT2D eigenvalue weighted by Crippen LogP contribution is -2.42. The predicted octanol–water partition coefficient (Wildman–Crippen LogP) is 2.92. The molecular weight excluding hydrogens is 243 g/mol. The Bertz CT molecular complexity index is 348. The highest BCUT2D eigenvalue weighted by atomic mass is 35.5. The van der Waals surface area contributed by atoms with Gasteiger partial charge in [-0.15, -0.1) is 0 Å². The van der Waals surface area contributed by atoms with Gasteiger partial charge in [-0.2, -0.15) is 0 Å². The zero-order chi connectivity index (χ0) is 11.5. The van der Waals surface area contributed by atoms with Crippen molar-refractivity contribution in [2.24, 2.45) is 5.73 Å². The van der Waals surface area contributed by atoms with E-state index < -0.39 is 0 Å². The van der Waals surface area contributed by atoms with E-state index in [0.717, 1.165) is 48.1 Å². The highest BCUT2D eigenvalue weighted by molar-refractivity contribution is 6.35. The van der Waals surface area contributed by atoms with Gasteiger partial charge in [0.25, 0.3) is 0 Å². The number of likely N-dealkylation sites (tertiary alicyclic amines) is 1. The number of benzene rings is 1. The molecule has 0 amide bonds. The van der Waals surface area contributed by atoms with Crippen LogP contribution in [0, 0.1) is 0 Å². The first kappa shape index (κ1) is 12.2. The van der Waals surface area contributed by atoms with Gasteiger partial charge in [0.15, 0.2) is 0 Å². The second-order valence-electron chi connectivity index (χ2n) is 4.34. The highest BCUT2D eigenvalue weighted by Crippen LogP contribution is 2.26. The topological polar surface area (TPSA) is 29.3 Å². The second kappa shape index (κ2) is 5.37. The molecule has 2 N–H and O–H groups in total. The highest BCUT2D eigenvalue weighted by Gasteiger charge is 2.18. The number of nitrogens with two attached hydrogens (primary N) is 1. The van der Waals surface area contributed by atoms with Crippen LogP contribution in [0.25, 0.3) is 0 Å². The van der Waals surface area contributed by atoms with Gasteiger partial charge in [-0.05, 0) is 31.5 Å². The molecule has 1 aliphatic heterocycles. The second-order valence-corrected chi connectivity index (χ2v) is 5.15. The Hall–Kier alpha value is -0.280. The third-order valence-electron chi connectivity index (χ3n) is 2.99. The van der Waals surface area contributed by atoms with E-state index in [1.54, 1.807) is 0 Å². The zero-order valence-electron chi connectivity index (χ0n) is 9.13. The molecule has 0 bridgehead atoms. The van der Waals surface area contributed by atoms with Crippen LogP contribution in [0.2, 0.25) is 10.0 Å². The zero-order valence-corrected chi connectivity index (χ0v) is 10.6. The maximum absolute atomic E-state index is 6.14. The summed E-state index contributed by atoms with van der Waals surface area (Å²) in [6.07, 6.45) is 2.27. The molecule has 0 unspecified atom stereocenters. The van der Waals surface area contributed by atoms with Crippen LogP contribution in [0.1, 0.15) is 18.4 Å². The summed E-state index contributed by atoms with van der Waals surface area (Å²) in [5.41, 5.74) is 6.96. The largest absolute Gasteiger partial charge is 0.327 e. The van der Waals surface area contributed by atoms with Crippen molar-refractivity contribution in [1.29, 1.82) is 0 Å². The number of hydrogen-bond donors (Lipinski definition) is 1. The summed E-state index contributed by atoms with van der Waals surface area (Å²) in [5.74, 6) is 0. The number of piperidine rings is 1. The lowest BCUT2D eigenvalue weighted by molar-refractivity contribution is 0.201. The molecule has 0 spiro atoms. The molecule has 1 atom stereocenters. The van der Waals surface area contributed by atoms with Crippen molar-refractivity contribution in [1.82, 2.24) is 4.90 Å². The molecule has 0 aliphatic carbocycles. The third-order valence-corrected chi connectivity index (χ3v) is 3.69. The lowest BCUT2D eigenvalue weighted by atomic mass is 10.1. The van der Waals surface area contributed by atoms with Gasteiger partial charge in [0.1, 0.15) is 0 Å². The van der Waals surface area contributed by atoms with E-state index in [4.69, 9.17) is 28.9 Å². The van der Waals surface area contributed by atoms with Crippen molar-refractivity contribution in [3.05, 3.63) is 33.8 Å². The number of nitrogens with zero attached hydrogens (tertiary/aromatic N) is 1. The van der Waals surface area contributed by atoms with Crippen LogP contribution in [0.4, 0.5) is 0 Å². The van der Waals surface area contributed by atoms with Gasteiger partial charge in [0.05, 0.1) is 0 Å². The van der Waals surface area contributed by atoms with E-state index in [1.807, 2.05) is 18.2 Å². The molecule has 0 saturated carbocycles. The fourth-order valence-corrected chi connectivity index (χ4v) is 2.66. The molecule has 0 radical (unpaired) electrons. The number of rotatable bonds is 2. The molecule has 16 heavy (non-hydrogen) atoms. The Labute approximate surface area is 106 Å². The van der Waals surface area contributed by atoms with Crippen molar-refractivity contribution in [3.8, 4) is 0 Å². The third kappa shape index (κ3) is 2.89. The maximum Gasteiger partial charge on any atom is 0.0465 e. The summed E-state index contributed by atoms with van der Waals surface area (Å²) in [5, 5.41) is 1.48. The Balaban J connectivity index is 2.08. The fourth-order valence-electron chi connectivity index (χ4n) is 2.14. The molecule has 2 nitrogen and oxygen atoms in total. The minimum absolute atomic E-state index is 0.287. The summed E-state index contributed by atoms with van der Waals surface area (Å²) in [7, 11) is 0. The Morgan fingerprint density at radius 1 is 1.31 bits per heavy atom. The van der Waals surface area contributed by atoms with E-state index >= 15 is 0 Å². The molecular formula is C12H16Cl2N2. The fraction of sp³-hybridized carbons (Fsp3) is 0.500. The smallest absolute Gasteiger partial charge is 0.0465 e. The van der Waals surface area contributed by atoms with E-state index in [2.05, 4.69) is 4.90 Å². The van der Waals surface area contributed by atoms with Gasteiger partial charge in [-0.25, -0.2) is 0 Å². The monoisotopic (exact) mass is 258 g/mol. The van der Waals surface area contributed by atoms with Crippen LogP contribution in [0.3, 0.4) is 0 Å². The van der Waals surface area contributed by atoms with Gasteiger partial charge in [-0.1, -0.05) is 29.3 Å². The molecule has 1 heterocycles. The summed E-state index contributed by atoms with van der Waals surface area (Å²) in [6, 6.07) is 5.92. The molecule has 4 heteroatoms. The Kier molecular flexibility index (Phi) is 4.09. The van der Waals surface area contributed by atoms with Crippen LogP contribution in [-0.2, 0) is 6.54 Å². The minimum atomic E-state index is 0.287. The average molecular weight is 259 g/mol. The normalized spacial score (nSPS) is 22.3. The minimum Gasteiger partial charge on any atom is -0.327 e. The van der Waals surface area contributed by atoms with Crippen molar-refractivity contribution >= 4 is 23.2 Å². The van der Waals surface area contributed by atoms with Crippen LogP contribution >= 0.6 is 23.2 Å². The number of halogens is 2. The first-order valence-corrected chi connectivity index (χ1v) is 6.33. The van der Waals surface area contributed by atoms with Crippen molar-refractivity contribution in [2.45, 2.75) is 25.4 Å². The molecule has 1 aromatic rings. The van der Waals surface area contributed by atoms with Crippen LogP contribution < -0.4 is 5.73 Å². The van der Waals surface area contributed by atoms with Gasteiger partial charge < -0.3 is 5.73 Å². The molecule has 2 rings (SSSR count). The van der Waals surface area contributed by atoms with E-state index in [9.17, 15) is 0 Å². The van der Waals surface area contributed by atoms with Gasteiger partial charge >= 0.3 is 0 Å². The Morgan fingerprint density at radius 2 is 2.00 bits per heavy atom. The predicted molar refractivity (Wildman–Crippen MR) is 68.9 cm³/mol. The summed E-state index contributed by atoms with van der Waals surface area (Å²) in [4.78, 5) is 2.32. The van der Waals surface area contributed by atoms with Crippen molar-refractivity contribution in [2.75, 3.05) is 13.1 Å². The summed E-state index contributed by atoms with van der Waals surface area (Å²) < 4.78 is 0. The molecule has 1 fully saturated rings. The van der Waals surface area contributed by atoms with Crippen LogP contribution in [0.5, 0.6) is 0 Å². The summed E-state index contributed by atoms with van der Waals surface area (Å²) in [6.45, 7) is 2.81. The van der Waals surface area contributed by atoms with Gasteiger partial charge in [0.2, 0.25) is 0 Å². The van der Waals surface area contributed by atoms with E-state index in [-0.39, 0.29) is 6.04 Å². The van der Waals surface area contributed by atoms with E-state index in [0.29, 0.717) is 0 Å². The van der Waals surface area contributed by atoms with Crippen LogP contribution in [0.15, 0.2) is 18.2 Å². The van der Waals surface area contributed by atoms with Crippen molar-refractivity contribution in [3.63, 3.8) is 0 Å². The molecule has 1 aromatic carbocycles. The van der Waals surface area contributed by atoms with Gasteiger partial charge in [0, 0.05) is 34.7 Å². The first-order chi connectivity index (χ1) is 7.66.